The number of ether oxygens (including phenoxy) is 1. The third kappa shape index (κ3) is 3.20. The van der Waals surface area contributed by atoms with E-state index in [4.69, 9.17) is 4.74 Å². The molecule has 0 bridgehead atoms. The molecule has 0 spiro atoms. The van der Waals surface area contributed by atoms with Crippen molar-refractivity contribution in [2.45, 2.75) is 45.4 Å². The van der Waals surface area contributed by atoms with Gasteiger partial charge in [0.25, 0.3) is 0 Å². The van der Waals surface area contributed by atoms with E-state index in [1.165, 1.54) is 11.1 Å². The Labute approximate surface area is 103 Å². The van der Waals surface area contributed by atoms with Crippen molar-refractivity contribution in [3.63, 3.8) is 0 Å². The molecule has 94 valence electrons. The Morgan fingerprint density at radius 3 is 2.94 bits per heavy atom. The molecule has 0 saturated heterocycles. The average molecular weight is 235 g/mol. The van der Waals surface area contributed by atoms with Crippen LogP contribution in [0.2, 0.25) is 0 Å². The first kappa shape index (κ1) is 12.4. The summed E-state index contributed by atoms with van der Waals surface area (Å²) in [6.45, 7) is 7.42. The fraction of sp³-hybridized carbons (Fsp3) is 0.571. The summed E-state index contributed by atoms with van der Waals surface area (Å²) in [4.78, 5) is 0. The van der Waals surface area contributed by atoms with Crippen LogP contribution in [0, 0.1) is 0 Å². The van der Waals surface area contributed by atoms with Crippen LogP contribution in [-0.4, -0.2) is 23.4 Å². The summed E-state index contributed by atoms with van der Waals surface area (Å²) < 4.78 is 5.83. The summed E-state index contributed by atoms with van der Waals surface area (Å²) in [5, 5.41) is 12.4. The topological polar surface area (TPSA) is 41.5 Å². The van der Waals surface area contributed by atoms with Crippen LogP contribution in [0.1, 0.15) is 31.9 Å². The normalized spacial score (nSPS) is 18.6. The first-order valence-electron chi connectivity index (χ1n) is 6.16. The van der Waals surface area contributed by atoms with Crippen LogP contribution >= 0.6 is 0 Å². The highest BCUT2D eigenvalue weighted by Crippen LogP contribution is 2.35. The third-order valence-electron chi connectivity index (χ3n) is 2.90. The van der Waals surface area contributed by atoms with Crippen molar-refractivity contribution in [3.05, 3.63) is 29.3 Å². The van der Waals surface area contributed by atoms with Gasteiger partial charge in [-0.15, -0.1) is 0 Å². The van der Waals surface area contributed by atoms with Gasteiger partial charge >= 0.3 is 0 Å². The van der Waals surface area contributed by atoms with Crippen molar-refractivity contribution >= 4 is 0 Å². The second-order valence-electron chi connectivity index (χ2n) is 5.46. The summed E-state index contributed by atoms with van der Waals surface area (Å²) in [7, 11) is 0. The van der Waals surface area contributed by atoms with E-state index in [9.17, 15) is 5.11 Å². The molecule has 0 radical (unpaired) electrons. The summed E-state index contributed by atoms with van der Waals surface area (Å²) >= 11 is 0. The fourth-order valence-corrected chi connectivity index (χ4v) is 2.20. The van der Waals surface area contributed by atoms with Crippen LogP contribution in [0.4, 0.5) is 0 Å². The zero-order chi connectivity index (χ0) is 12.5. The highest BCUT2D eigenvalue weighted by atomic mass is 16.5. The first-order chi connectivity index (χ1) is 7.96. The number of nitrogens with one attached hydrogen (secondary N) is 1. The average Bonchev–Trinajstić information content (AvgIpc) is 2.50. The van der Waals surface area contributed by atoms with E-state index in [1.807, 2.05) is 6.07 Å². The van der Waals surface area contributed by atoms with Crippen LogP contribution in [-0.2, 0) is 13.0 Å². The quantitative estimate of drug-likeness (QED) is 0.837. The summed E-state index contributed by atoms with van der Waals surface area (Å²) in [6.07, 6.45) is 0.665. The largest absolute Gasteiger partial charge is 0.487 e. The number of fused-ring (bicyclic) bond motifs is 1. The predicted octanol–water partition coefficient (Wildman–Crippen LogP) is 1.87. The van der Waals surface area contributed by atoms with Crippen LogP contribution in [0.15, 0.2) is 18.2 Å². The van der Waals surface area contributed by atoms with Crippen molar-refractivity contribution in [1.29, 1.82) is 0 Å². The fourth-order valence-electron chi connectivity index (χ4n) is 2.20. The minimum Gasteiger partial charge on any atom is -0.487 e. The molecule has 2 N–H and O–H groups in total. The second-order valence-corrected chi connectivity index (χ2v) is 5.46. The van der Waals surface area contributed by atoms with Crippen LogP contribution in [0.25, 0.3) is 0 Å². The third-order valence-corrected chi connectivity index (χ3v) is 2.90. The van der Waals surface area contributed by atoms with E-state index < -0.39 is 0 Å². The predicted molar refractivity (Wildman–Crippen MR) is 68.2 cm³/mol. The standard InChI is InChI=1S/C14H21NO2/c1-10(16)8-15-9-11-4-5-13-12(6-11)7-14(2,3)17-13/h4-6,10,15-16H,7-9H2,1-3H3. The van der Waals surface area contributed by atoms with Gasteiger partial charge in [0.15, 0.2) is 0 Å². The summed E-state index contributed by atoms with van der Waals surface area (Å²) in [5.74, 6) is 1.01. The SMILES string of the molecule is CC(O)CNCc1ccc2c(c1)CC(C)(C)O2. The van der Waals surface area contributed by atoms with Crippen LogP contribution in [0.3, 0.4) is 0 Å². The molecule has 2 rings (SSSR count). The zero-order valence-electron chi connectivity index (χ0n) is 10.8. The van der Waals surface area contributed by atoms with E-state index in [-0.39, 0.29) is 11.7 Å². The molecule has 0 amide bonds. The van der Waals surface area contributed by atoms with E-state index in [2.05, 4.69) is 31.3 Å². The van der Waals surface area contributed by atoms with Gasteiger partial charge in [0.05, 0.1) is 6.10 Å². The van der Waals surface area contributed by atoms with Crippen molar-refractivity contribution in [2.24, 2.45) is 0 Å². The van der Waals surface area contributed by atoms with E-state index in [1.54, 1.807) is 6.92 Å². The van der Waals surface area contributed by atoms with Crippen LogP contribution < -0.4 is 10.1 Å². The van der Waals surface area contributed by atoms with E-state index in [0.717, 1.165) is 18.7 Å². The van der Waals surface area contributed by atoms with Gasteiger partial charge in [-0.2, -0.15) is 0 Å². The Bertz CT molecular complexity index is 399. The molecule has 1 aromatic carbocycles. The molecule has 17 heavy (non-hydrogen) atoms. The van der Waals surface area contributed by atoms with Gasteiger partial charge in [0, 0.05) is 19.5 Å². The number of hydrogen-bond acceptors (Lipinski definition) is 3. The maximum atomic E-state index is 9.17. The van der Waals surface area contributed by atoms with E-state index in [0.29, 0.717) is 6.54 Å². The maximum Gasteiger partial charge on any atom is 0.123 e. The molecule has 0 fully saturated rings. The van der Waals surface area contributed by atoms with Crippen molar-refractivity contribution in [1.82, 2.24) is 5.32 Å². The molecule has 1 aliphatic heterocycles. The smallest absolute Gasteiger partial charge is 0.123 e. The monoisotopic (exact) mass is 235 g/mol. The Kier molecular flexibility index (Phi) is 3.40. The van der Waals surface area contributed by atoms with Crippen molar-refractivity contribution in [3.8, 4) is 5.75 Å². The number of rotatable bonds is 4. The highest BCUT2D eigenvalue weighted by Gasteiger charge is 2.29. The Morgan fingerprint density at radius 2 is 2.24 bits per heavy atom. The van der Waals surface area contributed by atoms with Gasteiger partial charge in [-0.3, -0.25) is 0 Å². The first-order valence-corrected chi connectivity index (χ1v) is 6.16. The second kappa shape index (κ2) is 4.67. The molecule has 1 unspecified atom stereocenters. The lowest BCUT2D eigenvalue weighted by atomic mass is 10.0. The van der Waals surface area contributed by atoms with Crippen LogP contribution in [0.5, 0.6) is 5.75 Å². The summed E-state index contributed by atoms with van der Waals surface area (Å²) in [6, 6.07) is 6.32. The molecule has 3 heteroatoms. The molecule has 1 aliphatic rings. The molecule has 1 heterocycles. The number of aliphatic hydroxyl groups excluding tert-OH is 1. The van der Waals surface area contributed by atoms with Gasteiger partial charge in [0.2, 0.25) is 0 Å². The van der Waals surface area contributed by atoms with Gasteiger partial charge in [-0.1, -0.05) is 12.1 Å². The number of aliphatic hydroxyl groups is 1. The Morgan fingerprint density at radius 1 is 1.47 bits per heavy atom. The lowest BCUT2D eigenvalue weighted by Crippen LogP contribution is -2.24. The van der Waals surface area contributed by atoms with Crippen molar-refractivity contribution < 1.29 is 9.84 Å². The van der Waals surface area contributed by atoms with Gasteiger partial charge in [-0.05, 0) is 38.0 Å². The molecule has 3 nitrogen and oxygen atoms in total. The highest BCUT2D eigenvalue weighted by molar-refractivity contribution is 5.41. The number of benzene rings is 1. The van der Waals surface area contributed by atoms with Crippen molar-refractivity contribution in [2.75, 3.05) is 6.54 Å². The molecular formula is C14H21NO2. The molecular weight excluding hydrogens is 214 g/mol. The molecule has 1 aromatic rings. The minimum atomic E-state index is -0.299. The number of hydrogen-bond donors (Lipinski definition) is 2. The molecule has 0 aromatic heterocycles. The lowest BCUT2D eigenvalue weighted by molar-refractivity contribution is 0.138. The van der Waals surface area contributed by atoms with Gasteiger partial charge in [-0.25, -0.2) is 0 Å². The summed E-state index contributed by atoms with van der Waals surface area (Å²) in [5.41, 5.74) is 2.45. The minimum absolute atomic E-state index is 0.0754. The van der Waals surface area contributed by atoms with Gasteiger partial charge < -0.3 is 15.2 Å². The molecule has 0 saturated carbocycles. The molecule has 1 atom stereocenters. The van der Waals surface area contributed by atoms with Gasteiger partial charge in [0.1, 0.15) is 11.4 Å². The molecule has 0 aliphatic carbocycles. The lowest BCUT2D eigenvalue weighted by Gasteiger charge is -2.16. The Balaban J connectivity index is 1.99. The maximum absolute atomic E-state index is 9.17. The Hall–Kier alpha value is -1.06. The zero-order valence-corrected chi connectivity index (χ0v) is 10.8. The van der Waals surface area contributed by atoms with E-state index >= 15 is 0 Å².